The molecule has 120 valence electrons. The zero-order valence-electron chi connectivity index (χ0n) is 13.9. The van der Waals surface area contributed by atoms with Crippen LogP contribution in [-0.4, -0.2) is 53.0 Å². The third-order valence-electron chi connectivity index (χ3n) is 2.81. The van der Waals surface area contributed by atoms with Crippen molar-refractivity contribution in [3.05, 3.63) is 0 Å². The fourth-order valence-electron chi connectivity index (χ4n) is 1.67. The number of methoxy groups -OCH3 is 1. The van der Waals surface area contributed by atoms with E-state index in [4.69, 9.17) is 9.47 Å². The maximum atomic E-state index is 5.40. The van der Waals surface area contributed by atoms with Crippen molar-refractivity contribution in [3.63, 3.8) is 0 Å². The van der Waals surface area contributed by atoms with Gasteiger partial charge in [0.05, 0.1) is 13.2 Å². The maximum absolute atomic E-state index is 5.40. The topological polar surface area (TPSA) is 54.9 Å². The minimum absolute atomic E-state index is 0.401. The molecule has 0 atom stereocenters. The summed E-state index contributed by atoms with van der Waals surface area (Å²) in [6.45, 7) is 10.7. The second-order valence-electron chi connectivity index (χ2n) is 6.05. The standard InChI is InChI=1S/C15H33N3O2/c1-15(2,3)8-6-9-17-14(16-4)18-10-7-11-20-13-12-19-5/h6-13H2,1-5H3,(H2,16,17,18). The lowest BCUT2D eigenvalue weighted by Crippen LogP contribution is -2.38. The SMILES string of the molecule is CN=C(NCCCOCCOC)NCCCC(C)(C)C. The van der Waals surface area contributed by atoms with E-state index in [-0.39, 0.29) is 0 Å². The molecule has 0 amide bonds. The smallest absolute Gasteiger partial charge is 0.190 e. The van der Waals surface area contributed by atoms with Gasteiger partial charge in [0.25, 0.3) is 0 Å². The van der Waals surface area contributed by atoms with E-state index in [2.05, 4.69) is 36.4 Å². The predicted molar refractivity (Wildman–Crippen MR) is 85.4 cm³/mol. The van der Waals surface area contributed by atoms with Crippen LogP contribution in [0.4, 0.5) is 0 Å². The lowest BCUT2D eigenvalue weighted by atomic mass is 9.91. The molecule has 0 aromatic heterocycles. The van der Waals surface area contributed by atoms with Gasteiger partial charge in [-0.15, -0.1) is 0 Å². The normalized spacial score (nSPS) is 12.6. The van der Waals surface area contributed by atoms with Crippen LogP contribution in [0, 0.1) is 5.41 Å². The van der Waals surface area contributed by atoms with E-state index in [0.29, 0.717) is 18.6 Å². The molecule has 0 radical (unpaired) electrons. The number of rotatable bonds is 10. The Morgan fingerprint density at radius 1 is 1.00 bits per heavy atom. The second kappa shape index (κ2) is 12.0. The van der Waals surface area contributed by atoms with Gasteiger partial charge in [-0.2, -0.15) is 0 Å². The molecule has 5 nitrogen and oxygen atoms in total. The molecule has 0 saturated heterocycles. The molecule has 20 heavy (non-hydrogen) atoms. The number of guanidine groups is 1. The highest BCUT2D eigenvalue weighted by Gasteiger charge is 2.08. The first-order chi connectivity index (χ1) is 9.49. The summed E-state index contributed by atoms with van der Waals surface area (Å²) in [5.74, 6) is 0.871. The third kappa shape index (κ3) is 13.6. The van der Waals surface area contributed by atoms with Gasteiger partial charge in [-0.05, 0) is 24.7 Å². The molecular weight excluding hydrogens is 254 g/mol. The molecule has 0 bridgehead atoms. The Morgan fingerprint density at radius 3 is 2.20 bits per heavy atom. The second-order valence-corrected chi connectivity index (χ2v) is 6.05. The van der Waals surface area contributed by atoms with Gasteiger partial charge >= 0.3 is 0 Å². The number of ether oxygens (including phenoxy) is 2. The molecule has 0 aliphatic heterocycles. The zero-order valence-corrected chi connectivity index (χ0v) is 13.9. The van der Waals surface area contributed by atoms with Crippen LogP contribution in [0.3, 0.4) is 0 Å². The molecule has 0 heterocycles. The fraction of sp³-hybridized carbons (Fsp3) is 0.933. The van der Waals surface area contributed by atoms with Crippen LogP contribution in [0.2, 0.25) is 0 Å². The van der Waals surface area contributed by atoms with Gasteiger partial charge in [0.15, 0.2) is 5.96 Å². The van der Waals surface area contributed by atoms with Crippen LogP contribution in [0.25, 0.3) is 0 Å². The van der Waals surface area contributed by atoms with E-state index in [1.165, 1.54) is 6.42 Å². The van der Waals surface area contributed by atoms with Crippen molar-refractivity contribution >= 4 is 5.96 Å². The number of nitrogens with one attached hydrogen (secondary N) is 2. The first kappa shape index (κ1) is 19.2. The molecule has 0 aliphatic rings. The van der Waals surface area contributed by atoms with Crippen LogP contribution >= 0.6 is 0 Å². The Kier molecular flexibility index (Phi) is 11.5. The molecule has 0 fully saturated rings. The molecule has 0 aliphatic carbocycles. The van der Waals surface area contributed by atoms with Crippen molar-refractivity contribution in [2.24, 2.45) is 10.4 Å². The van der Waals surface area contributed by atoms with Gasteiger partial charge in [-0.1, -0.05) is 20.8 Å². The van der Waals surface area contributed by atoms with Crippen molar-refractivity contribution in [3.8, 4) is 0 Å². The number of hydrogen-bond donors (Lipinski definition) is 2. The number of nitrogens with zero attached hydrogens (tertiary/aromatic N) is 1. The quantitative estimate of drug-likeness (QED) is 0.367. The van der Waals surface area contributed by atoms with Crippen molar-refractivity contribution in [1.82, 2.24) is 10.6 Å². The van der Waals surface area contributed by atoms with Crippen LogP contribution in [0.5, 0.6) is 0 Å². The molecule has 0 unspecified atom stereocenters. The Balaban J connectivity index is 3.49. The summed E-state index contributed by atoms with van der Waals surface area (Å²) in [4.78, 5) is 4.20. The van der Waals surface area contributed by atoms with Gasteiger partial charge < -0.3 is 20.1 Å². The summed E-state index contributed by atoms with van der Waals surface area (Å²) < 4.78 is 10.3. The number of aliphatic imine (C=N–C) groups is 1. The van der Waals surface area contributed by atoms with E-state index in [1.54, 1.807) is 14.2 Å². The minimum atomic E-state index is 0.401. The van der Waals surface area contributed by atoms with E-state index in [9.17, 15) is 0 Å². The summed E-state index contributed by atoms with van der Waals surface area (Å²) in [7, 11) is 3.48. The molecule has 5 heteroatoms. The summed E-state index contributed by atoms with van der Waals surface area (Å²) in [6.07, 6.45) is 3.33. The molecule has 0 saturated carbocycles. The van der Waals surface area contributed by atoms with Crippen molar-refractivity contribution in [1.29, 1.82) is 0 Å². The van der Waals surface area contributed by atoms with Crippen molar-refractivity contribution < 1.29 is 9.47 Å². The summed E-state index contributed by atoms with van der Waals surface area (Å²) in [5, 5.41) is 6.62. The van der Waals surface area contributed by atoms with Gasteiger partial charge in [0.1, 0.15) is 0 Å². The fourth-order valence-corrected chi connectivity index (χ4v) is 1.67. The van der Waals surface area contributed by atoms with E-state index in [0.717, 1.165) is 38.5 Å². The average Bonchev–Trinajstić information content (AvgIpc) is 2.39. The zero-order chi connectivity index (χ0) is 15.3. The van der Waals surface area contributed by atoms with Gasteiger partial charge in [0.2, 0.25) is 0 Å². The first-order valence-electron chi connectivity index (χ1n) is 7.51. The van der Waals surface area contributed by atoms with Gasteiger partial charge in [-0.25, -0.2) is 0 Å². The van der Waals surface area contributed by atoms with Crippen LogP contribution < -0.4 is 10.6 Å². The monoisotopic (exact) mass is 287 g/mol. The largest absolute Gasteiger partial charge is 0.382 e. The van der Waals surface area contributed by atoms with Crippen LogP contribution in [0.1, 0.15) is 40.0 Å². The lowest BCUT2D eigenvalue weighted by Gasteiger charge is -2.18. The Morgan fingerprint density at radius 2 is 1.65 bits per heavy atom. The molecule has 0 aromatic rings. The van der Waals surface area contributed by atoms with Crippen LogP contribution in [0.15, 0.2) is 4.99 Å². The van der Waals surface area contributed by atoms with E-state index < -0.39 is 0 Å². The number of hydrogen-bond acceptors (Lipinski definition) is 3. The van der Waals surface area contributed by atoms with E-state index in [1.807, 2.05) is 0 Å². The van der Waals surface area contributed by atoms with Gasteiger partial charge in [-0.3, -0.25) is 4.99 Å². The summed E-state index contributed by atoms with van der Waals surface area (Å²) in [5.41, 5.74) is 0.401. The highest BCUT2D eigenvalue weighted by Crippen LogP contribution is 2.19. The minimum Gasteiger partial charge on any atom is -0.382 e. The Bertz CT molecular complexity index is 250. The Hall–Kier alpha value is -0.810. The maximum Gasteiger partial charge on any atom is 0.190 e. The molecular formula is C15H33N3O2. The predicted octanol–water partition coefficient (Wildman–Crippen LogP) is 2.03. The van der Waals surface area contributed by atoms with Gasteiger partial charge in [0, 0.05) is 33.9 Å². The highest BCUT2D eigenvalue weighted by atomic mass is 16.5. The van der Waals surface area contributed by atoms with Crippen molar-refractivity contribution in [2.75, 3.05) is 47.1 Å². The Labute approximate surface area is 124 Å². The van der Waals surface area contributed by atoms with E-state index >= 15 is 0 Å². The third-order valence-corrected chi connectivity index (χ3v) is 2.81. The first-order valence-corrected chi connectivity index (χ1v) is 7.51. The molecule has 0 spiro atoms. The molecule has 2 N–H and O–H groups in total. The lowest BCUT2D eigenvalue weighted by molar-refractivity contribution is 0.0698. The summed E-state index contributed by atoms with van der Waals surface area (Å²) >= 11 is 0. The summed E-state index contributed by atoms with van der Waals surface area (Å²) in [6, 6.07) is 0. The molecule has 0 aromatic carbocycles. The average molecular weight is 287 g/mol. The highest BCUT2D eigenvalue weighted by molar-refractivity contribution is 5.79. The van der Waals surface area contributed by atoms with Crippen LogP contribution in [-0.2, 0) is 9.47 Å². The van der Waals surface area contributed by atoms with Crippen molar-refractivity contribution in [2.45, 2.75) is 40.0 Å². The molecule has 0 rings (SSSR count).